The number of benzene rings is 3. The van der Waals surface area contributed by atoms with E-state index in [1.54, 1.807) is 49.4 Å². The number of anilines is 2. The molecule has 4 amide bonds. The van der Waals surface area contributed by atoms with E-state index in [-0.39, 0.29) is 41.0 Å². The molecule has 45 heavy (non-hydrogen) atoms. The monoisotopic (exact) mass is 626 g/mol. The second-order valence-corrected chi connectivity index (χ2v) is 12.8. The van der Waals surface area contributed by atoms with E-state index >= 15 is 0 Å². The van der Waals surface area contributed by atoms with Crippen LogP contribution in [0, 0.1) is 34.9 Å². The zero-order chi connectivity index (χ0) is 31.9. The highest BCUT2D eigenvalue weighted by Gasteiger charge is 2.68. The quantitative estimate of drug-likeness (QED) is 0.222. The Labute approximate surface area is 263 Å². The van der Waals surface area contributed by atoms with Crippen molar-refractivity contribution in [2.45, 2.75) is 32.6 Å². The fourth-order valence-corrected chi connectivity index (χ4v) is 8.24. The van der Waals surface area contributed by atoms with Crippen LogP contribution in [-0.4, -0.2) is 34.5 Å². The Morgan fingerprint density at radius 1 is 0.911 bits per heavy atom. The minimum absolute atomic E-state index is 0.0595. The lowest BCUT2D eigenvalue weighted by Gasteiger charge is -2.49. The van der Waals surface area contributed by atoms with E-state index in [0.717, 1.165) is 21.4 Å². The Hall–Kier alpha value is -4.63. The van der Waals surface area contributed by atoms with Crippen LogP contribution in [-0.2, 0) is 19.2 Å². The first-order chi connectivity index (χ1) is 21.4. The molecule has 228 valence electrons. The topological polar surface area (TPSA) is 112 Å². The third kappa shape index (κ3) is 4.06. The molecule has 0 radical (unpaired) electrons. The first kappa shape index (κ1) is 29.1. The summed E-state index contributed by atoms with van der Waals surface area (Å²) in [4.78, 5) is 70.5. The summed E-state index contributed by atoms with van der Waals surface area (Å²) in [6, 6.07) is 16.6. The van der Waals surface area contributed by atoms with E-state index in [2.05, 4.69) is 0 Å². The SMILES string of the molecule is CC(=O)c1ccc(N2C(=O)C3CC=C4C(CC5C(=O)N(c6ccc(F)c(Cl)c6)C(=O)C5(C)C4c4ccccc4O)C3C2=O)cc1. The molecule has 6 unspecified atom stereocenters. The summed E-state index contributed by atoms with van der Waals surface area (Å²) in [5.41, 5.74) is 0.743. The maximum absolute atomic E-state index is 14.4. The highest BCUT2D eigenvalue weighted by atomic mass is 35.5. The van der Waals surface area contributed by atoms with E-state index in [0.29, 0.717) is 16.8 Å². The van der Waals surface area contributed by atoms with Crippen LogP contribution < -0.4 is 9.80 Å². The van der Waals surface area contributed by atoms with Crippen molar-refractivity contribution in [2.75, 3.05) is 9.80 Å². The van der Waals surface area contributed by atoms with Crippen LogP contribution in [0.5, 0.6) is 5.75 Å². The highest BCUT2D eigenvalue weighted by Crippen LogP contribution is 2.64. The van der Waals surface area contributed by atoms with Crippen LogP contribution in [0.15, 0.2) is 78.4 Å². The number of amides is 4. The van der Waals surface area contributed by atoms with Crippen molar-refractivity contribution < 1.29 is 33.5 Å². The van der Waals surface area contributed by atoms with Gasteiger partial charge in [-0.3, -0.25) is 28.9 Å². The van der Waals surface area contributed by atoms with Gasteiger partial charge in [0, 0.05) is 17.0 Å². The maximum Gasteiger partial charge on any atom is 0.241 e. The summed E-state index contributed by atoms with van der Waals surface area (Å²) in [5.74, 6) is -6.43. The summed E-state index contributed by atoms with van der Waals surface area (Å²) < 4.78 is 14.0. The average Bonchev–Trinajstić information content (AvgIpc) is 3.38. The number of rotatable bonds is 4. The van der Waals surface area contributed by atoms with Crippen LogP contribution in [0.2, 0.25) is 5.02 Å². The van der Waals surface area contributed by atoms with Crippen LogP contribution >= 0.6 is 11.6 Å². The predicted octanol–water partition coefficient (Wildman–Crippen LogP) is 5.82. The Morgan fingerprint density at radius 2 is 1.60 bits per heavy atom. The number of para-hydroxylation sites is 1. The van der Waals surface area contributed by atoms with E-state index in [1.807, 2.05) is 6.08 Å². The van der Waals surface area contributed by atoms with Crippen molar-refractivity contribution >= 4 is 52.4 Å². The van der Waals surface area contributed by atoms with Crippen molar-refractivity contribution in [3.05, 3.63) is 100 Å². The van der Waals surface area contributed by atoms with E-state index < -0.39 is 58.5 Å². The number of phenolic OH excluding ortho intramolecular Hbond substituents is 1. The van der Waals surface area contributed by atoms with E-state index in [4.69, 9.17) is 11.6 Å². The van der Waals surface area contributed by atoms with Gasteiger partial charge >= 0.3 is 0 Å². The molecule has 4 aliphatic rings. The Bertz CT molecular complexity index is 1870. The normalized spacial score (nSPS) is 29.0. The molecule has 6 atom stereocenters. The van der Waals surface area contributed by atoms with Crippen molar-refractivity contribution in [1.82, 2.24) is 0 Å². The zero-order valence-corrected chi connectivity index (χ0v) is 25.1. The second-order valence-electron chi connectivity index (χ2n) is 12.4. The van der Waals surface area contributed by atoms with Crippen LogP contribution in [0.25, 0.3) is 0 Å². The molecule has 1 saturated carbocycles. The molecule has 2 saturated heterocycles. The minimum Gasteiger partial charge on any atom is -0.508 e. The number of aromatic hydroxyl groups is 1. The number of Topliss-reactive ketones (excluding diaryl/α,β-unsaturated/α-hetero) is 1. The van der Waals surface area contributed by atoms with Gasteiger partial charge in [-0.2, -0.15) is 0 Å². The standard InChI is InChI=1S/C35H28ClFN2O6/c1-17(40)18-7-9-19(10-8-18)38-31(42)23-13-12-21-24(29(23)33(38)44)16-25-32(43)39(20-11-14-27(37)26(36)15-20)34(45)35(25,2)30(21)22-5-3-4-6-28(22)41/h3-12,14-15,23-25,29-30,41H,13,16H2,1-2H3. The van der Waals surface area contributed by atoms with Gasteiger partial charge in [0.2, 0.25) is 23.6 Å². The van der Waals surface area contributed by atoms with Gasteiger partial charge in [-0.05, 0) is 81.1 Å². The molecule has 2 heterocycles. The molecule has 3 aromatic carbocycles. The van der Waals surface area contributed by atoms with Crippen molar-refractivity contribution in [3.8, 4) is 5.75 Å². The molecule has 3 fully saturated rings. The third-order valence-electron chi connectivity index (χ3n) is 10.2. The molecule has 2 aliphatic carbocycles. The number of phenols is 1. The Kier molecular flexibility index (Phi) is 6.60. The van der Waals surface area contributed by atoms with Gasteiger partial charge < -0.3 is 5.11 Å². The second kappa shape index (κ2) is 10.2. The van der Waals surface area contributed by atoms with Gasteiger partial charge in [0.1, 0.15) is 11.6 Å². The lowest BCUT2D eigenvalue weighted by atomic mass is 9.51. The number of hydrogen-bond donors (Lipinski definition) is 1. The van der Waals surface area contributed by atoms with Gasteiger partial charge in [0.15, 0.2) is 5.78 Å². The summed E-state index contributed by atoms with van der Waals surface area (Å²) >= 11 is 6.04. The van der Waals surface area contributed by atoms with Gasteiger partial charge in [-0.15, -0.1) is 0 Å². The summed E-state index contributed by atoms with van der Waals surface area (Å²) in [6.45, 7) is 3.13. The molecular weight excluding hydrogens is 599 g/mol. The first-order valence-electron chi connectivity index (χ1n) is 14.7. The largest absolute Gasteiger partial charge is 0.508 e. The van der Waals surface area contributed by atoms with Crippen LogP contribution in [0.3, 0.4) is 0 Å². The van der Waals surface area contributed by atoms with Crippen LogP contribution in [0.4, 0.5) is 15.8 Å². The number of hydrogen-bond acceptors (Lipinski definition) is 6. The molecule has 7 rings (SSSR count). The van der Waals surface area contributed by atoms with Crippen molar-refractivity contribution in [3.63, 3.8) is 0 Å². The van der Waals surface area contributed by atoms with Gasteiger partial charge in [-0.25, -0.2) is 9.29 Å². The maximum atomic E-state index is 14.4. The average molecular weight is 627 g/mol. The predicted molar refractivity (Wildman–Crippen MR) is 163 cm³/mol. The van der Waals surface area contributed by atoms with Gasteiger partial charge in [0.05, 0.1) is 39.6 Å². The fraction of sp³-hybridized carbons (Fsp3) is 0.286. The summed E-state index contributed by atoms with van der Waals surface area (Å²) in [7, 11) is 0. The number of carbonyl (C=O) groups excluding carboxylic acids is 5. The lowest BCUT2D eigenvalue weighted by Crippen LogP contribution is -2.48. The zero-order valence-electron chi connectivity index (χ0n) is 24.4. The van der Waals surface area contributed by atoms with Crippen LogP contribution in [0.1, 0.15) is 48.5 Å². The molecule has 0 spiro atoms. The smallest absolute Gasteiger partial charge is 0.241 e. The van der Waals surface area contributed by atoms with E-state index in [1.165, 1.54) is 25.1 Å². The molecule has 0 bridgehead atoms. The molecule has 3 aromatic rings. The minimum atomic E-state index is -1.36. The number of imide groups is 2. The Morgan fingerprint density at radius 3 is 2.27 bits per heavy atom. The molecule has 0 aromatic heterocycles. The number of ketones is 1. The highest BCUT2D eigenvalue weighted by molar-refractivity contribution is 6.32. The van der Waals surface area contributed by atoms with Gasteiger partial charge in [-0.1, -0.05) is 41.4 Å². The third-order valence-corrected chi connectivity index (χ3v) is 10.5. The molecular formula is C35H28ClFN2O6. The number of carbonyl (C=O) groups is 5. The molecule has 10 heteroatoms. The molecule has 1 N–H and O–H groups in total. The fourth-order valence-electron chi connectivity index (χ4n) is 8.06. The first-order valence-corrected chi connectivity index (χ1v) is 15.1. The number of halogens is 2. The number of allylic oxidation sites excluding steroid dienone is 2. The van der Waals surface area contributed by atoms with Crippen molar-refractivity contribution in [1.29, 1.82) is 0 Å². The van der Waals surface area contributed by atoms with Gasteiger partial charge in [0.25, 0.3) is 0 Å². The Balaban J connectivity index is 1.34. The lowest BCUT2D eigenvalue weighted by molar-refractivity contribution is -0.131. The summed E-state index contributed by atoms with van der Waals surface area (Å²) in [6.07, 6.45) is 2.26. The molecule has 2 aliphatic heterocycles. The molecule has 8 nitrogen and oxygen atoms in total. The number of fused-ring (bicyclic) bond motifs is 4. The van der Waals surface area contributed by atoms with E-state index in [9.17, 15) is 33.5 Å². The summed E-state index contributed by atoms with van der Waals surface area (Å²) in [5, 5.41) is 10.8. The number of nitrogens with zero attached hydrogens (tertiary/aromatic N) is 2. The van der Waals surface area contributed by atoms with Crippen molar-refractivity contribution in [2.24, 2.45) is 29.1 Å².